The van der Waals surface area contributed by atoms with Crippen molar-refractivity contribution in [1.82, 2.24) is 5.32 Å². The average molecular weight is 328 g/mol. The predicted molar refractivity (Wildman–Crippen MR) is 94.1 cm³/mol. The fourth-order valence-electron chi connectivity index (χ4n) is 2.27. The number of nitrogens with one attached hydrogen (secondary N) is 1. The summed E-state index contributed by atoms with van der Waals surface area (Å²) in [6.45, 7) is 1.19. The van der Waals surface area contributed by atoms with E-state index in [-0.39, 0.29) is 5.91 Å². The molecular weight excluding hydrogens is 304 g/mol. The highest BCUT2D eigenvalue weighted by Crippen LogP contribution is 2.22. The maximum Gasteiger partial charge on any atom is 0.237 e. The molecule has 2 aromatic rings. The van der Waals surface area contributed by atoms with Crippen molar-refractivity contribution in [3.8, 4) is 11.5 Å². The number of ether oxygens (including phenoxy) is 2. The second-order valence-electron chi connectivity index (χ2n) is 5.51. The molecule has 3 N–H and O–H groups in total. The lowest BCUT2D eigenvalue weighted by atomic mass is 10.1. The monoisotopic (exact) mass is 328 g/mol. The average Bonchev–Trinajstić information content (AvgIpc) is 2.59. The van der Waals surface area contributed by atoms with E-state index in [0.29, 0.717) is 19.6 Å². The van der Waals surface area contributed by atoms with Crippen LogP contribution in [-0.2, 0) is 16.0 Å². The van der Waals surface area contributed by atoms with Gasteiger partial charge in [0, 0.05) is 20.3 Å². The molecule has 24 heavy (non-hydrogen) atoms. The minimum Gasteiger partial charge on any atom is -0.457 e. The quantitative estimate of drug-likeness (QED) is 0.694. The molecule has 0 aromatic heterocycles. The second-order valence-corrected chi connectivity index (χ2v) is 5.51. The molecule has 0 saturated heterocycles. The summed E-state index contributed by atoms with van der Waals surface area (Å²) in [4.78, 5) is 12.0. The van der Waals surface area contributed by atoms with Crippen molar-refractivity contribution in [3.63, 3.8) is 0 Å². The van der Waals surface area contributed by atoms with Crippen LogP contribution in [0.15, 0.2) is 54.6 Å². The molecule has 0 bridgehead atoms. The van der Waals surface area contributed by atoms with Crippen LogP contribution in [0.5, 0.6) is 11.5 Å². The molecule has 2 rings (SSSR count). The Bertz CT molecular complexity index is 632. The molecule has 5 heteroatoms. The van der Waals surface area contributed by atoms with E-state index < -0.39 is 6.04 Å². The van der Waals surface area contributed by atoms with Crippen LogP contribution in [-0.4, -0.2) is 32.2 Å². The first kappa shape index (κ1) is 18.0. The zero-order valence-electron chi connectivity index (χ0n) is 13.9. The van der Waals surface area contributed by atoms with Gasteiger partial charge in [-0.3, -0.25) is 4.79 Å². The summed E-state index contributed by atoms with van der Waals surface area (Å²) in [5, 5.41) is 2.82. The van der Waals surface area contributed by atoms with E-state index >= 15 is 0 Å². The summed E-state index contributed by atoms with van der Waals surface area (Å²) in [5.41, 5.74) is 6.94. The number of benzene rings is 2. The third-order valence-corrected chi connectivity index (χ3v) is 3.49. The standard InChI is InChI=1S/C19H24N2O3/c1-23-12-6-11-21-19(22)18(20)14-15-7-5-10-17(13-15)24-16-8-3-2-4-9-16/h2-5,7-10,13,18H,6,11-12,14,20H2,1H3,(H,21,22). The minimum atomic E-state index is -0.584. The van der Waals surface area contributed by atoms with Gasteiger partial charge in [-0.25, -0.2) is 0 Å². The minimum absolute atomic E-state index is 0.152. The van der Waals surface area contributed by atoms with Crippen molar-refractivity contribution in [3.05, 3.63) is 60.2 Å². The van der Waals surface area contributed by atoms with Crippen molar-refractivity contribution < 1.29 is 14.3 Å². The normalized spacial score (nSPS) is 11.8. The molecule has 0 radical (unpaired) electrons. The van der Waals surface area contributed by atoms with E-state index in [1.54, 1.807) is 7.11 Å². The number of methoxy groups -OCH3 is 1. The van der Waals surface area contributed by atoms with Crippen LogP contribution in [0, 0.1) is 0 Å². The number of nitrogens with two attached hydrogens (primary N) is 1. The Kier molecular flexibility index (Phi) is 7.26. The fourth-order valence-corrected chi connectivity index (χ4v) is 2.27. The Morgan fingerprint density at radius 1 is 1.12 bits per heavy atom. The van der Waals surface area contributed by atoms with Crippen LogP contribution in [0.3, 0.4) is 0 Å². The first-order chi connectivity index (χ1) is 11.7. The maximum absolute atomic E-state index is 12.0. The highest BCUT2D eigenvalue weighted by Gasteiger charge is 2.13. The molecule has 0 fully saturated rings. The second kappa shape index (κ2) is 9.70. The first-order valence-electron chi connectivity index (χ1n) is 8.03. The number of carbonyl (C=O) groups excluding carboxylic acids is 1. The van der Waals surface area contributed by atoms with E-state index in [0.717, 1.165) is 23.5 Å². The molecule has 0 aliphatic rings. The van der Waals surface area contributed by atoms with Gasteiger partial charge in [0.05, 0.1) is 6.04 Å². The molecule has 0 aliphatic carbocycles. The van der Waals surface area contributed by atoms with Crippen molar-refractivity contribution in [2.45, 2.75) is 18.9 Å². The van der Waals surface area contributed by atoms with Crippen LogP contribution in [0.1, 0.15) is 12.0 Å². The largest absolute Gasteiger partial charge is 0.457 e. The van der Waals surface area contributed by atoms with Gasteiger partial charge in [-0.05, 0) is 42.7 Å². The fraction of sp³-hybridized carbons (Fsp3) is 0.316. The maximum atomic E-state index is 12.0. The van der Waals surface area contributed by atoms with E-state index in [4.69, 9.17) is 15.2 Å². The Labute approximate surface area is 142 Å². The third-order valence-electron chi connectivity index (χ3n) is 3.49. The summed E-state index contributed by atoms with van der Waals surface area (Å²) in [6.07, 6.45) is 1.23. The molecule has 5 nitrogen and oxygen atoms in total. The number of hydrogen-bond acceptors (Lipinski definition) is 4. The molecule has 0 aliphatic heterocycles. The van der Waals surface area contributed by atoms with Crippen LogP contribution < -0.4 is 15.8 Å². The molecule has 128 valence electrons. The summed E-state index contributed by atoms with van der Waals surface area (Å²) in [5.74, 6) is 1.35. The predicted octanol–water partition coefficient (Wildman–Crippen LogP) is 2.50. The Morgan fingerprint density at radius 2 is 1.88 bits per heavy atom. The van der Waals surface area contributed by atoms with Gasteiger partial charge >= 0.3 is 0 Å². The van der Waals surface area contributed by atoms with E-state index in [1.165, 1.54) is 0 Å². The summed E-state index contributed by atoms with van der Waals surface area (Å²) in [6, 6.07) is 16.6. The van der Waals surface area contributed by atoms with E-state index in [1.807, 2.05) is 54.6 Å². The Balaban J connectivity index is 1.88. The molecule has 1 amide bonds. The number of carbonyl (C=O) groups is 1. The highest BCUT2D eigenvalue weighted by molar-refractivity contribution is 5.81. The Hall–Kier alpha value is -2.37. The topological polar surface area (TPSA) is 73.6 Å². The zero-order valence-corrected chi connectivity index (χ0v) is 13.9. The van der Waals surface area contributed by atoms with Gasteiger partial charge in [-0.1, -0.05) is 30.3 Å². The molecular formula is C19H24N2O3. The number of hydrogen-bond donors (Lipinski definition) is 2. The first-order valence-corrected chi connectivity index (χ1v) is 8.03. The van der Waals surface area contributed by atoms with Crippen molar-refractivity contribution in [2.75, 3.05) is 20.3 Å². The van der Waals surface area contributed by atoms with Gasteiger partial charge in [-0.2, -0.15) is 0 Å². The lowest BCUT2D eigenvalue weighted by molar-refractivity contribution is -0.122. The number of rotatable bonds is 9. The van der Waals surface area contributed by atoms with Crippen LogP contribution >= 0.6 is 0 Å². The molecule has 0 spiro atoms. The van der Waals surface area contributed by atoms with Gasteiger partial charge in [0.1, 0.15) is 11.5 Å². The molecule has 0 heterocycles. The molecule has 2 aromatic carbocycles. The van der Waals surface area contributed by atoms with Crippen LogP contribution in [0.25, 0.3) is 0 Å². The molecule has 0 saturated carbocycles. The van der Waals surface area contributed by atoms with Gasteiger partial charge in [0.25, 0.3) is 0 Å². The van der Waals surface area contributed by atoms with Gasteiger partial charge in [-0.15, -0.1) is 0 Å². The summed E-state index contributed by atoms with van der Waals surface area (Å²) >= 11 is 0. The smallest absolute Gasteiger partial charge is 0.237 e. The number of amides is 1. The third kappa shape index (κ3) is 6.02. The van der Waals surface area contributed by atoms with Gasteiger partial charge in [0.15, 0.2) is 0 Å². The number of para-hydroxylation sites is 1. The van der Waals surface area contributed by atoms with Crippen molar-refractivity contribution in [1.29, 1.82) is 0 Å². The summed E-state index contributed by atoms with van der Waals surface area (Å²) in [7, 11) is 1.64. The molecule has 1 unspecified atom stereocenters. The summed E-state index contributed by atoms with van der Waals surface area (Å²) < 4.78 is 10.7. The van der Waals surface area contributed by atoms with Crippen LogP contribution in [0.2, 0.25) is 0 Å². The van der Waals surface area contributed by atoms with Crippen LogP contribution in [0.4, 0.5) is 0 Å². The van der Waals surface area contributed by atoms with E-state index in [2.05, 4.69) is 5.32 Å². The lowest BCUT2D eigenvalue weighted by Crippen LogP contribution is -2.42. The molecule has 1 atom stereocenters. The highest BCUT2D eigenvalue weighted by atomic mass is 16.5. The lowest BCUT2D eigenvalue weighted by Gasteiger charge is -2.13. The van der Waals surface area contributed by atoms with Crippen molar-refractivity contribution >= 4 is 5.91 Å². The Morgan fingerprint density at radius 3 is 2.62 bits per heavy atom. The SMILES string of the molecule is COCCCNC(=O)C(N)Cc1cccc(Oc2ccccc2)c1. The van der Waals surface area contributed by atoms with E-state index in [9.17, 15) is 4.79 Å². The zero-order chi connectivity index (χ0) is 17.2. The van der Waals surface area contributed by atoms with Gasteiger partial charge < -0.3 is 20.5 Å². The van der Waals surface area contributed by atoms with Crippen molar-refractivity contribution in [2.24, 2.45) is 5.73 Å². The van der Waals surface area contributed by atoms with Gasteiger partial charge in [0.2, 0.25) is 5.91 Å².